The highest BCUT2D eigenvalue weighted by Gasteiger charge is 2.29. The second-order valence-electron chi connectivity index (χ2n) is 6.88. The minimum absolute atomic E-state index is 0.147. The number of benzene rings is 2. The Kier molecular flexibility index (Phi) is 5.06. The molecule has 2 aromatic carbocycles. The summed E-state index contributed by atoms with van der Waals surface area (Å²) in [6.45, 7) is 1.10. The highest BCUT2D eigenvalue weighted by molar-refractivity contribution is 6.04. The van der Waals surface area contributed by atoms with Crippen LogP contribution >= 0.6 is 0 Å². The molecule has 0 spiro atoms. The molecule has 6 nitrogen and oxygen atoms in total. The summed E-state index contributed by atoms with van der Waals surface area (Å²) in [6.07, 6.45) is 1.06. The van der Waals surface area contributed by atoms with Crippen molar-refractivity contribution in [2.75, 3.05) is 11.4 Å². The molecule has 1 N–H and O–H groups in total. The van der Waals surface area contributed by atoms with Crippen LogP contribution in [0, 0.1) is 5.82 Å². The van der Waals surface area contributed by atoms with Gasteiger partial charge in [-0.25, -0.2) is 4.39 Å². The first kappa shape index (κ1) is 18.2. The summed E-state index contributed by atoms with van der Waals surface area (Å²) in [5.41, 5.74) is 2.97. The van der Waals surface area contributed by atoms with Crippen molar-refractivity contribution in [3.05, 3.63) is 65.5 Å². The van der Waals surface area contributed by atoms with E-state index >= 15 is 0 Å². The summed E-state index contributed by atoms with van der Waals surface area (Å²) < 4.78 is 13.3. The van der Waals surface area contributed by atoms with Crippen molar-refractivity contribution in [1.82, 2.24) is 5.32 Å². The van der Waals surface area contributed by atoms with Crippen molar-refractivity contribution < 1.29 is 18.8 Å². The average Bonchev–Trinajstić information content (AvgIpc) is 3.36. The van der Waals surface area contributed by atoms with Crippen LogP contribution in [0.2, 0.25) is 0 Å². The van der Waals surface area contributed by atoms with E-state index in [9.17, 15) is 14.0 Å². The van der Waals surface area contributed by atoms with Gasteiger partial charge in [-0.2, -0.15) is 0 Å². The predicted molar refractivity (Wildman–Crippen MR) is 102 cm³/mol. The number of nitrogens with one attached hydrogen (secondary N) is 1. The van der Waals surface area contributed by atoms with Crippen LogP contribution in [0.3, 0.4) is 0 Å². The van der Waals surface area contributed by atoms with Gasteiger partial charge in [-0.3, -0.25) is 9.59 Å². The van der Waals surface area contributed by atoms with Crippen LogP contribution in [-0.4, -0.2) is 30.2 Å². The van der Waals surface area contributed by atoms with E-state index in [2.05, 4.69) is 10.5 Å². The SMILES string of the molecule is O=C(NCc1ccc(N2CCCC2=O)cc1)C1CC(c2cccc(F)c2)=NO1. The van der Waals surface area contributed by atoms with Crippen molar-refractivity contribution in [1.29, 1.82) is 0 Å². The van der Waals surface area contributed by atoms with Gasteiger partial charge < -0.3 is 15.1 Å². The molecule has 144 valence electrons. The number of hydrogen-bond acceptors (Lipinski definition) is 4. The van der Waals surface area contributed by atoms with E-state index < -0.39 is 6.10 Å². The van der Waals surface area contributed by atoms with E-state index in [1.54, 1.807) is 17.0 Å². The lowest BCUT2D eigenvalue weighted by Crippen LogP contribution is -2.34. The Morgan fingerprint density at radius 3 is 2.79 bits per heavy atom. The van der Waals surface area contributed by atoms with Gasteiger partial charge in [0.25, 0.3) is 5.91 Å². The quantitative estimate of drug-likeness (QED) is 0.866. The van der Waals surface area contributed by atoms with Crippen LogP contribution in [0.4, 0.5) is 10.1 Å². The van der Waals surface area contributed by atoms with Crippen molar-refractivity contribution in [2.24, 2.45) is 5.16 Å². The first-order valence-corrected chi connectivity index (χ1v) is 9.26. The molecule has 2 amide bonds. The van der Waals surface area contributed by atoms with Gasteiger partial charge in [0, 0.05) is 37.2 Å². The molecule has 2 aliphatic rings. The van der Waals surface area contributed by atoms with Crippen molar-refractivity contribution in [3.63, 3.8) is 0 Å². The Bertz CT molecular complexity index is 927. The summed E-state index contributed by atoms with van der Waals surface area (Å²) in [5, 5.41) is 6.75. The van der Waals surface area contributed by atoms with E-state index in [1.807, 2.05) is 24.3 Å². The molecule has 0 aromatic heterocycles. The van der Waals surface area contributed by atoms with Crippen LogP contribution in [-0.2, 0) is 21.0 Å². The largest absolute Gasteiger partial charge is 0.382 e. The second-order valence-corrected chi connectivity index (χ2v) is 6.88. The molecular weight excluding hydrogens is 361 g/mol. The number of amides is 2. The Morgan fingerprint density at radius 1 is 1.25 bits per heavy atom. The minimum atomic E-state index is -0.722. The summed E-state index contributed by atoms with van der Waals surface area (Å²) in [6, 6.07) is 13.6. The summed E-state index contributed by atoms with van der Waals surface area (Å²) in [4.78, 5) is 31.1. The number of hydrogen-bond donors (Lipinski definition) is 1. The molecule has 7 heteroatoms. The van der Waals surface area contributed by atoms with Crippen LogP contribution < -0.4 is 10.2 Å². The molecule has 0 saturated carbocycles. The lowest BCUT2D eigenvalue weighted by atomic mass is 10.0. The molecule has 0 aliphatic carbocycles. The molecule has 2 aromatic rings. The third-order valence-corrected chi connectivity index (χ3v) is 4.91. The van der Waals surface area contributed by atoms with Gasteiger partial charge in [-0.05, 0) is 36.2 Å². The molecule has 0 bridgehead atoms. The van der Waals surface area contributed by atoms with E-state index in [1.165, 1.54) is 12.1 Å². The smallest absolute Gasteiger partial charge is 0.264 e. The third kappa shape index (κ3) is 3.88. The number of halogens is 1. The normalized spacial score (nSPS) is 18.8. The molecule has 1 unspecified atom stereocenters. The number of anilines is 1. The minimum Gasteiger partial charge on any atom is -0.382 e. The summed E-state index contributed by atoms with van der Waals surface area (Å²) in [5.74, 6) is -0.477. The number of oxime groups is 1. The monoisotopic (exact) mass is 381 g/mol. The van der Waals surface area contributed by atoms with Gasteiger partial charge in [0.1, 0.15) is 5.82 Å². The maximum absolute atomic E-state index is 13.3. The molecule has 1 fully saturated rings. The first-order chi connectivity index (χ1) is 13.6. The molecule has 2 aliphatic heterocycles. The zero-order valence-electron chi connectivity index (χ0n) is 15.2. The summed E-state index contributed by atoms with van der Waals surface area (Å²) >= 11 is 0. The van der Waals surface area contributed by atoms with Crippen LogP contribution in [0.25, 0.3) is 0 Å². The van der Waals surface area contributed by atoms with Crippen molar-refractivity contribution in [3.8, 4) is 0 Å². The van der Waals surface area contributed by atoms with E-state index in [-0.39, 0.29) is 17.6 Å². The number of carbonyl (C=O) groups excluding carboxylic acids is 2. The fraction of sp³-hybridized carbons (Fsp3) is 0.286. The van der Waals surface area contributed by atoms with Crippen molar-refractivity contribution in [2.45, 2.75) is 31.9 Å². The molecule has 4 rings (SSSR count). The molecule has 2 heterocycles. The van der Waals surface area contributed by atoms with Gasteiger partial charge in [0.05, 0.1) is 5.71 Å². The van der Waals surface area contributed by atoms with Crippen LogP contribution in [0.5, 0.6) is 0 Å². The second kappa shape index (κ2) is 7.80. The Morgan fingerprint density at radius 2 is 2.07 bits per heavy atom. The predicted octanol–water partition coefficient (Wildman–Crippen LogP) is 2.76. The highest BCUT2D eigenvalue weighted by Crippen LogP contribution is 2.22. The van der Waals surface area contributed by atoms with Gasteiger partial charge in [0.15, 0.2) is 0 Å². The molecule has 28 heavy (non-hydrogen) atoms. The van der Waals surface area contributed by atoms with Gasteiger partial charge in [-0.1, -0.05) is 29.4 Å². The maximum Gasteiger partial charge on any atom is 0.264 e. The Labute approximate surface area is 162 Å². The number of carbonyl (C=O) groups is 2. The van der Waals surface area contributed by atoms with Crippen molar-refractivity contribution >= 4 is 23.2 Å². The number of rotatable bonds is 5. The molecule has 1 saturated heterocycles. The Balaban J connectivity index is 1.30. The van der Waals surface area contributed by atoms with E-state index in [4.69, 9.17) is 4.84 Å². The highest BCUT2D eigenvalue weighted by atomic mass is 19.1. The lowest BCUT2D eigenvalue weighted by molar-refractivity contribution is -0.131. The lowest BCUT2D eigenvalue weighted by Gasteiger charge is -2.16. The van der Waals surface area contributed by atoms with Crippen LogP contribution in [0.1, 0.15) is 30.4 Å². The first-order valence-electron chi connectivity index (χ1n) is 9.26. The zero-order chi connectivity index (χ0) is 19.5. The molecular formula is C21H20FN3O3. The standard InChI is InChI=1S/C21H20FN3O3/c22-16-4-1-3-15(11-16)18-12-19(28-24-18)21(27)23-13-14-6-8-17(9-7-14)25-10-2-5-20(25)26/h1,3-4,6-9,11,19H,2,5,10,12-13H2,(H,23,27). The van der Waals surface area contributed by atoms with Crippen LogP contribution in [0.15, 0.2) is 53.7 Å². The third-order valence-electron chi connectivity index (χ3n) is 4.91. The topological polar surface area (TPSA) is 71.0 Å². The molecule has 0 radical (unpaired) electrons. The Hall–Kier alpha value is -3.22. The zero-order valence-corrected chi connectivity index (χ0v) is 15.2. The fourth-order valence-electron chi connectivity index (χ4n) is 3.37. The summed E-state index contributed by atoms with van der Waals surface area (Å²) in [7, 11) is 0. The van der Waals surface area contributed by atoms with E-state index in [0.29, 0.717) is 30.7 Å². The molecule has 1 atom stereocenters. The number of nitrogens with zero attached hydrogens (tertiary/aromatic N) is 2. The van der Waals surface area contributed by atoms with Gasteiger partial charge >= 0.3 is 0 Å². The fourth-order valence-corrected chi connectivity index (χ4v) is 3.37. The van der Waals surface area contributed by atoms with Gasteiger partial charge in [0.2, 0.25) is 12.0 Å². The maximum atomic E-state index is 13.3. The van der Waals surface area contributed by atoms with E-state index in [0.717, 1.165) is 24.2 Å². The van der Waals surface area contributed by atoms with Gasteiger partial charge in [-0.15, -0.1) is 0 Å². The average molecular weight is 381 g/mol.